The monoisotopic (exact) mass is 495 g/mol. The van der Waals surface area contributed by atoms with Crippen LogP contribution in [0.15, 0.2) is 18.3 Å². The maximum Gasteiger partial charge on any atom is 0.407 e. The summed E-state index contributed by atoms with van der Waals surface area (Å²) in [5, 5.41) is 15.2. The number of nitriles is 1. The van der Waals surface area contributed by atoms with E-state index in [0.29, 0.717) is 42.6 Å². The fourth-order valence-electron chi connectivity index (χ4n) is 5.13. The molecule has 9 heteroatoms. The molecule has 2 aliphatic rings. The summed E-state index contributed by atoms with van der Waals surface area (Å²) in [6.45, 7) is 10.5. The fourth-order valence-corrected chi connectivity index (χ4v) is 5.13. The predicted octanol–water partition coefficient (Wildman–Crippen LogP) is 5.17. The van der Waals surface area contributed by atoms with Crippen molar-refractivity contribution in [3.8, 4) is 17.3 Å². The lowest BCUT2D eigenvalue weighted by molar-refractivity contribution is -0.122. The summed E-state index contributed by atoms with van der Waals surface area (Å²) in [6.07, 6.45) is 3.57. The highest BCUT2D eigenvalue weighted by atomic mass is 19.1. The molecule has 0 bridgehead atoms. The normalized spacial score (nSPS) is 20.8. The van der Waals surface area contributed by atoms with Crippen LogP contribution in [0.5, 0.6) is 0 Å². The number of fused-ring (bicyclic) bond motifs is 1. The molecule has 8 nitrogen and oxygen atoms in total. The summed E-state index contributed by atoms with van der Waals surface area (Å²) in [5.74, 6) is -0.844. The number of aromatic nitrogens is 2. The zero-order chi connectivity index (χ0) is 26.3. The van der Waals surface area contributed by atoms with Gasteiger partial charge in [-0.05, 0) is 70.4 Å². The van der Waals surface area contributed by atoms with Gasteiger partial charge in [0.2, 0.25) is 5.91 Å². The minimum atomic E-state index is -0.515. The molecule has 2 atom stereocenters. The number of ether oxygens (including phenoxy) is 1. The van der Waals surface area contributed by atoms with Gasteiger partial charge in [-0.1, -0.05) is 13.8 Å². The molecule has 2 amide bonds. The van der Waals surface area contributed by atoms with Crippen molar-refractivity contribution < 1.29 is 18.7 Å². The first-order chi connectivity index (χ1) is 16.8. The van der Waals surface area contributed by atoms with E-state index in [-0.39, 0.29) is 29.2 Å². The number of rotatable bonds is 4. The summed E-state index contributed by atoms with van der Waals surface area (Å²) in [4.78, 5) is 29.3. The second-order valence-electron chi connectivity index (χ2n) is 11.7. The van der Waals surface area contributed by atoms with Crippen molar-refractivity contribution in [2.45, 2.75) is 84.9 Å². The Kier molecular flexibility index (Phi) is 6.82. The Morgan fingerprint density at radius 1 is 1.28 bits per heavy atom. The summed E-state index contributed by atoms with van der Waals surface area (Å²) >= 11 is 0. The molecule has 0 aromatic carbocycles. The molecule has 1 fully saturated rings. The lowest BCUT2D eigenvalue weighted by atomic mass is 9.86. The second kappa shape index (κ2) is 9.57. The van der Waals surface area contributed by atoms with E-state index in [1.54, 1.807) is 6.07 Å². The quantitative estimate of drug-likeness (QED) is 0.609. The fraction of sp³-hybridized carbons (Fsp3) is 0.556. The minimum Gasteiger partial charge on any atom is -0.446 e. The number of anilines is 1. The van der Waals surface area contributed by atoms with Gasteiger partial charge in [-0.2, -0.15) is 5.26 Å². The lowest BCUT2D eigenvalue weighted by Gasteiger charge is -2.29. The molecule has 2 aromatic rings. The molecule has 1 aliphatic heterocycles. The molecule has 36 heavy (non-hydrogen) atoms. The van der Waals surface area contributed by atoms with Crippen molar-refractivity contribution in [2.75, 3.05) is 5.32 Å². The standard InChI is InChI=1S/C27H34FN5O3/c1-26(2,3)32-25(35)36-18-8-6-7-16(9-18)24(34)31-23-11-19(20(28)14-30-23)21-10-17(13-29)22-12-27(4,5)15-33(21)22/h10-11,14,16,18H,6-9,12,15H2,1-5H3,(H,32,35)(H,30,31,34)/t16-,18+/m0/s1. The second-order valence-corrected chi connectivity index (χ2v) is 11.7. The van der Waals surface area contributed by atoms with Gasteiger partial charge in [0.05, 0.1) is 17.5 Å². The van der Waals surface area contributed by atoms with Crippen LogP contribution in [-0.4, -0.2) is 33.2 Å². The van der Waals surface area contributed by atoms with Gasteiger partial charge in [0, 0.05) is 29.3 Å². The van der Waals surface area contributed by atoms with Crippen LogP contribution in [0.1, 0.15) is 71.6 Å². The number of hydrogen-bond acceptors (Lipinski definition) is 5. The first kappa shape index (κ1) is 25.7. The average Bonchev–Trinajstić information content (AvgIpc) is 3.26. The minimum absolute atomic E-state index is 0.0269. The summed E-state index contributed by atoms with van der Waals surface area (Å²) in [7, 11) is 0. The summed E-state index contributed by atoms with van der Waals surface area (Å²) in [5.41, 5.74) is 1.92. The summed E-state index contributed by atoms with van der Waals surface area (Å²) in [6, 6.07) is 5.46. The van der Waals surface area contributed by atoms with Crippen LogP contribution in [0, 0.1) is 28.5 Å². The van der Waals surface area contributed by atoms with E-state index in [0.717, 1.165) is 24.7 Å². The highest BCUT2D eigenvalue weighted by Gasteiger charge is 2.34. The van der Waals surface area contributed by atoms with Crippen molar-refractivity contribution in [3.63, 3.8) is 0 Å². The van der Waals surface area contributed by atoms with Crippen molar-refractivity contribution >= 4 is 17.8 Å². The first-order valence-corrected chi connectivity index (χ1v) is 12.4. The highest BCUT2D eigenvalue weighted by molar-refractivity contribution is 5.92. The van der Waals surface area contributed by atoms with Crippen molar-refractivity contribution in [2.24, 2.45) is 11.3 Å². The van der Waals surface area contributed by atoms with Gasteiger partial charge in [0.25, 0.3) is 0 Å². The Morgan fingerprint density at radius 2 is 2.03 bits per heavy atom. The van der Waals surface area contributed by atoms with Gasteiger partial charge in [-0.15, -0.1) is 0 Å². The number of carbonyl (C=O) groups is 2. The number of amides is 2. The SMILES string of the molecule is CC1(C)Cc2c(C#N)cc(-c3cc(NC(=O)[C@H]4CCC[C@@H](OC(=O)NC(C)(C)C)C4)ncc3F)n2C1. The molecule has 3 heterocycles. The molecule has 1 aliphatic carbocycles. The molecule has 2 aromatic heterocycles. The van der Waals surface area contributed by atoms with Crippen molar-refractivity contribution in [3.05, 3.63) is 35.4 Å². The summed E-state index contributed by atoms with van der Waals surface area (Å²) < 4.78 is 22.4. The number of nitrogens with one attached hydrogen (secondary N) is 2. The predicted molar refractivity (Wildman–Crippen MR) is 134 cm³/mol. The van der Waals surface area contributed by atoms with Gasteiger partial charge >= 0.3 is 6.09 Å². The molecule has 2 N–H and O–H groups in total. The zero-order valence-electron chi connectivity index (χ0n) is 21.6. The Balaban J connectivity index is 1.48. The van der Waals surface area contributed by atoms with E-state index in [4.69, 9.17) is 4.74 Å². The number of carbonyl (C=O) groups excluding carboxylic acids is 2. The van der Waals surface area contributed by atoms with E-state index in [2.05, 4.69) is 35.5 Å². The third-order valence-corrected chi connectivity index (χ3v) is 6.69. The first-order valence-electron chi connectivity index (χ1n) is 12.4. The van der Waals surface area contributed by atoms with Crippen LogP contribution in [-0.2, 0) is 22.5 Å². The number of pyridine rings is 1. The largest absolute Gasteiger partial charge is 0.446 e. The third-order valence-electron chi connectivity index (χ3n) is 6.69. The molecule has 0 spiro atoms. The Labute approximate surface area is 211 Å². The number of alkyl carbamates (subject to hydrolysis) is 1. The Morgan fingerprint density at radius 3 is 2.72 bits per heavy atom. The number of hydrogen-bond donors (Lipinski definition) is 2. The maximum absolute atomic E-state index is 14.9. The Bertz CT molecular complexity index is 1220. The van der Waals surface area contributed by atoms with Crippen LogP contribution in [0.2, 0.25) is 0 Å². The van der Waals surface area contributed by atoms with Crippen LogP contribution < -0.4 is 10.6 Å². The molecule has 192 valence electrons. The highest BCUT2D eigenvalue weighted by Crippen LogP contribution is 2.40. The molecule has 0 radical (unpaired) electrons. The zero-order valence-corrected chi connectivity index (χ0v) is 21.6. The van der Waals surface area contributed by atoms with Gasteiger partial charge < -0.3 is 19.9 Å². The Hall–Kier alpha value is -3.41. The van der Waals surface area contributed by atoms with E-state index < -0.39 is 17.4 Å². The number of halogens is 1. The van der Waals surface area contributed by atoms with E-state index >= 15 is 0 Å². The molecule has 0 unspecified atom stereocenters. The lowest BCUT2D eigenvalue weighted by Crippen LogP contribution is -2.43. The molecular formula is C27H34FN5O3. The van der Waals surface area contributed by atoms with Crippen LogP contribution in [0.3, 0.4) is 0 Å². The van der Waals surface area contributed by atoms with Gasteiger partial charge in [0.1, 0.15) is 18.0 Å². The van der Waals surface area contributed by atoms with Gasteiger partial charge in [-0.25, -0.2) is 14.2 Å². The van der Waals surface area contributed by atoms with Crippen LogP contribution in [0.25, 0.3) is 11.3 Å². The van der Waals surface area contributed by atoms with Crippen LogP contribution in [0.4, 0.5) is 15.0 Å². The molecule has 1 saturated carbocycles. The molecule has 4 rings (SSSR count). The van der Waals surface area contributed by atoms with Gasteiger partial charge in [-0.3, -0.25) is 4.79 Å². The smallest absolute Gasteiger partial charge is 0.407 e. The van der Waals surface area contributed by atoms with Crippen molar-refractivity contribution in [1.82, 2.24) is 14.9 Å². The van der Waals surface area contributed by atoms with E-state index in [1.165, 1.54) is 6.07 Å². The molecule has 0 saturated heterocycles. The molecular weight excluding hydrogens is 461 g/mol. The third kappa shape index (κ3) is 5.69. The topological polar surface area (TPSA) is 109 Å². The van der Waals surface area contributed by atoms with E-state index in [1.807, 2.05) is 25.3 Å². The maximum atomic E-state index is 14.9. The average molecular weight is 496 g/mol. The number of nitrogens with zero attached hydrogens (tertiary/aromatic N) is 3. The van der Waals surface area contributed by atoms with E-state index in [9.17, 15) is 19.2 Å². The van der Waals surface area contributed by atoms with Gasteiger partial charge in [0.15, 0.2) is 5.82 Å². The van der Waals surface area contributed by atoms with Crippen LogP contribution >= 0.6 is 0 Å². The van der Waals surface area contributed by atoms with Crippen molar-refractivity contribution in [1.29, 1.82) is 5.26 Å².